The minimum atomic E-state index is -0.787. The van der Waals surface area contributed by atoms with Gasteiger partial charge in [0, 0.05) is 11.5 Å². The summed E-state index contributed by atoms with van der Waals surface area (Å²) < 4.78 is 19.2. The maximum Gasteiger partial charge on any atom is 0.307 e. The summed E-state index contributed by atoms with van der Waals surface area (Å²) >= 11 is 0. The average molecular weight is 260 g/mol. The highest BCUT2D eigenvalue weighted by Gasteiger charge is 2.46. The number of carbonyl (C=O) groups is 1. The molecule has 2 atom stereocenters. The van der Waals surface area contributed by atoms with Crippen molar-refractivity contribution in [3.63, 3.8) is 0 Å². The number of carboxylic acids is 1. The van der Waals surface area contributed by atoms with Crippen LogP contribution in [0, 0.1) is 18.7 Å². The van der Waals surface area contributed by atoms with Gasteiger partial charge in [-0.1, -0.05) is 12.1 Å². The van der Waals surface area contributed by atoms with Crippen molar-refractivity contribution < 1.29 is 18.7 Å². The molecule has 1 aromatic heterocycles. The standard InChI is InChI=1S/C15H13FO3/c1-8-9(3-2-4-12(8)16)13-5-6-14(19-13)10-7-11(10)15(17)18/h2-6,10-11H,7H2,1H3,(H,17,18)/t10-,11-/m0/s1. The highest BCUT2D eigenvalue weighted by atomic mass is 19.1. The number of carboxylic acid groups (broad SMARTS) is 1. The third-order valence-electron chi connectivity index (χ3n) is 3.63. The molecule has 98 valence electrons. The van der Waals surface area contributed by atoms with Gasteiger partial charge in [-0.15, -0.1) is 0 Å². The Kier molecular flexibility index (Phi) is 2.66. The van der Waals surface area contributed by atoms with E-state index in [1.165, 1.54) is 6.07 Å². The zero-order valence-corrected chi connectivity index (χ0v) is 10.4. The van der Waals surface area contributed by atoms with Gasteiger partial charge < -0.3 is 9.52 Å². The van der Waals surface area contributed by atoms with Crippen LogP contribution in [0.15, 0.2) is 34.7 Å². The van der Waals surface area contributed by atoms with Gasteiger partial charge in [0.05, 0.1) is 5.92 Å². The lowest BCUT2D eigenvalue weighted by Crippen LogP contribution is -1.98. The van der Waals surface area contributed by atoms with Crippen LogP contribution < -0.4 is 0 Å². The van der Waals surface area contributed by atoms with Crippen LogP contribution in [-0.4, -0.2) is 11.1 Å². The topological polar surface area (TPSA) is 50.4 Å². The Hall–Kier alpha value is -2.10. The largest absolute Gasteiger partial charge is 0.481 e. The van der Waals surface area contributed by atoms with Crippen molar-refractivity contribution >= 4 is 5.97 Å². The molecule has 2 aromatic rings. The predicted octanol–water partition coefficient (Wildman–Crippen LogP) is 3.58. The Morgan fingerprint density at radius 1 is 1.37 bits per heavy atom. The van der Waals surface area contributed by atoms with E-state index < -0.39 is 5.97 Å². The Labute approximate surface area is 109 Å². The van der Waals surface area contributed by atoms with E-state index in [1.807, 2.05) is 0 Å². The van der Waals surface area contributed by atoms with Gasteiger partial charge in [0.1, 0.15) is 17.3 Å². The second-order valence-corrected chi connectivity index (χ2v) is 4.90. The molecule has 0 saturated heterocycles. The number of benzene rings is 1. The Morgan fingerprint density at radius 2 is 2.16 bits per heavy atom. The number of furan rings is 1. The van der Waals surface area contributed by atoms with Gasteiger partial charge in [-0.3, -0.25) is 4.79 Å². The van der Waals surface area contributed by atoms with Crippen LogP contribution in [0.1, 0.15) is 23.7 Å². The fourth-order valence-electron chi connectivity index (χ4n) is 2.35. The summed E-state index contributed by atoms with van der Waals surface area (Å²) in [5.41, 5.74) is 1.24. The van der Waals surface area contributed by atoms with E-state index in [9.17, 15) is 9.18 Å². The highest BCUT2D eigenvalue weighted by Crippen LogP contribution is 2.48. The molecule has 1 fully saturated rings. The molecule has 3 nitrogen and oxygen atoms in total. The smallest absolute Gasteiger partial charge is 0.307 e. The van der Waals surface area contributed by atoms with Gasteiger partial charge >= 0.3 is 5.97 Å². The van der Waals surface area contributed by atoms with Crippen LogP contribution in [0.5, 0.6) is 0 Å². The summed E-state index contributed by atoms with van der Waals surface area (Å²) in [5, 5.41) is 8.90. The highest BCUT2D eigenvalue weighted by molar-refractivity contribution is 5.75. The van der Waals surface area contributed by atoms with Crippen molar-refractivity contribution in [1.29, 1.82) is 0 Å². The van der Waals surface area contributed by atoms with Crippen molar-refractivity contribution in [2.75, 3.05) is 0 Å². The Balaban J connectivity index is 1.90. The number of hydrogen-bond acceptors (Lipinski definition) is 2. The number of hydrogen-bond donors (Lipinski definition) is 1. The van der Waals surface area contributed by atoms with E-state index in [0.717, 1.165) is 0 Å². The molecule has 19 heavy (non-hydrogen) atoms. The molecular weight excluding hydrogens is 247 g/mol. The quantitative estimate of drug-likeness (QED) is 0.917. The second-order valence-electron chi connectivity index (χ2n) is 4.90. The molecule has 0 bridgehead atoms. The van der Waals surface area contributed by atoms with E-state index in [0.29, 0.717) is 29.1 Å². The van der Waals surface area contributed by atoms with Crippen LogP contribution in [0.25, 0.3) is 11.3 Å². The van der Waals surface area contributed by atoms with E-state index >= 15 is 0 Å². The van der Waals surface area contributed by atoms with E-state index in [-0.39, 0.29) is 17.7 Å². The first-order valence-electron chi connectivity index (χ1n) is 6.16. The predicted molar refractivity (Wildman–Crippen MR) is 67.3 cm³/mol. The number of rotatable bonds is 3. The molecule has 3 rings (SSSR count). The SMILES string of the molecule is Cc1c(F)cccc1-c1ccc([C@H]2C[C@@H]2C(=O)O)o1. The molecule has 1 aromatic carbocycles. The minimum absolute atomic E-state index is 0.0416. The fourth-order valence-corrected chi connectivity index (χ4v) is 2.35. The summed E-state index contributed by atoms with van der Waals surface area (Å²) in [4.78, 5) is 10.8. The lowest BCUT2D eigenvalue weighted by atomic mass is 10.1. The molecule has 1 saturated carbocycles. The fraction of sp³-hybridized carbons (Fsp3) is 0.267. The molecule has 1 heterocycles. The third kappa shape index (κ3) is 2.03. The first kappa shape index (κ1) is 12.0. The molecule has 0 amide bonds. The summed E-state index contributed by atoms with van der Waals surface area (Å²) in [7, 11) is 0. The molecule has 0 aliphatic heterocycles. The number of halogens is 1. The first-order chi connectivity index (χ1) is 9.08. The summed E-state index contributed by atoms with van der Waals surface area (Å²) in [5.74, 6) is -0.183. The van der Waals surface area contributed by atoms with Gasteiger partial charge in [-0.05, 0) is 37.1 Å². The van der Waals surface area contributed by atoms with E-state index in [4.69, 9.17) is 9.52 Å². The molecule has 1 N–H and O–H groups in total. The minimum Gasteiger partial charge on any atom is -0.481 e. The van der Waals surface area contributed by atoms with Crippen molar-refractivity contribution in [1.82, 2.24) is 0 Å². The van der Waals surface area contributed by atoms with Gasteiger partial charge in [0.15, 0.2) is 0 Å². The van der Waals surface area contributed by atoms with Crippen LogP contribution in [-0.2, 0) is 4.79 Å². The first-order valence-corrected chi connectivity index (χ1v) is 6.16. The van der Waals surface area contributed by atoms with Crippen LogP contribution >= 0.6 is 0 Å². The maximum atomic E-state index is 13.5. The number of aliphatic carboxylic acids is 1. The zero-order chi connectivity index (χ0) is 13.6. The monoisotopic (exact) mass is 260 g/mol. The molecule has 1 aliphatic carbocycles. The molecule has 0 unspecified atom stereocenters. The van der Waals surface area contributed by atoms with Crippen LogP contribution in [0.4, 0.5) is 4.39 Å². The van der Waals surface area contributed by atoms with Gasteiger partial charge in [0.25, 0.3) is 0 Å². The van der Waals surface area contributed by atoms with Crippen molar-refractivity contribution in [2.45, 2.75) is 19.3 Å². The Morgan fingerprint density at radius 3 is 2.84 bits per heavy atom. The van der Waals surface area contributed by atoms with E-state index in [1.54, 1.807) is 31.2 Å². The average Bonchev–Trinajstić information content (AvgIpc) is 3.04. The van der Waals surface area contributed by atoms with Crippen molar-refractivity contribution in [3.8, 4) is 11.3 Å². The normalized spacial score (nSPS) is 21.4. The summed E-state index contributed by atoms with van der Waals surface area (Å²) in [6.45, 7) is 1.70. The van der Waals surface area contributed by atoms with Gasteiger partial charge in [-0.25, -0.2) is 4.39 Å². The van der Waals surface area contributed by atoms with Crippen LogP contribution in [0.3, 0.4) is 0 Å². The van der Waals surface area contributed by atoms with Gasteiger partial charge in [-0.2, -0.15) is 0 Å². The zero-order valence-electron chi connectivity index (χ0n) is 10.4. The Bertz CT molecular complexity index is 645. The second kappa shape index (κ2) is 4.23. The third-order valence-corrected chi connectivity index (χ3v) is 3.63. The molecular formula is C15H13FO3. The van der Waals surface area contributed by atoms with Crippen LogP contribution in [0.2, 0.25) is 0 Å². The van der Waals surface area contributed by atoms with E-state index in [2.05, 4.69) is 0 Å². The molecule has 0 spiro atoms. The molecule has 1 aliphatic rings. The summed E-state index contributed by atoms with van der Waals surface area (Å²) in [6, 6.07) is 8.39. The maximum absolute atomic E-state index is 13.5. The lowest BCUT2D eigenvalue weighted by Gasteiger charge is -2.03. The van der Waals surface area contributed by atoms with Crippen molar-refractivity contribution in [3.05, 3.63) is 47.5 Å². The lowest BCUT2D eigenvalue weighted by molar-refractivity contribution is -0.138. The molecule has 4 heteroatoms. The molecule has 0 radical (unpaired) electrons. The summed E-state index contributed by atoms with van der Waals surface area (Å²) in [6.07, 6.45) is 0.615. The van der Waals surface area contributed by atoms with Crippen molar-refractivity contribution in [2.24, 2.45) is 5.92 Å². The van der Waals surface area contributed by atoms with Gasteiger partial charge in [0.2, 0.25) is 0 Å².